The lowest BCUT2D eigenvalue weighted by molar-refractivity contribution is -0.116. The van der Waals surface area contributed by atoms with Crippen molar-refractivity contribution in [1.29, 1.82) is 0 Å². The first-order valence-electron chi connectivity index (χ1n) is 9.13. The predicted molar refractivity (Wildman–Crippen MR) is 107 cm³/mol. The van der Waals surface area contributed by atoms with E-state index >= 15 is 0 Å². The highest BCUT2D eigenvalue weighted by atomic mass is 35.5. The number of halogens is 1. The number of amides is 1. The van der Waals surface area contributed by atoms with Gasteiger partial charge in [-0.3, -0.25) is 9.59 Å². The van der Waals surface area contributed by atoms with E-state index in [9.17, 15) is 9.59 Å². The number of hydrogen-bond acceptors (Lipinski definition) is 5. The number of Topliss-reactive ketones (excluding diaryl/α,β-unsaturated/α-hetero) is 1. The molecule has 3 rings (SSSR count). The fourth-order valence-electron chi connectivity index (χ4n) is 2.87. The average Bonchev–Trinajstić information content (AvgIpc) is 2.67. The summed E-state index contributed by atoms with van der Waals surface area (Å²) in [7, 11) is 0. The molecule has 0 saturated heterocycles. The molecule has 0 aliphatic carbocycles. The lowest BCUT2D eigenvalue weighted by atomic mass is 10.1. The largest absolute Gasteiger partial charge is 0.488 e. The van der Waals surface area contributed by atoms with E-state index in [1.54, 1.807) is 24.3 Å². The van der Waals surface area contributed by atoms with Gasteiger partial charge in [-0.1, -0.05) is 18.5 Å². The summed E-state index contributed by atoms with van der Waals surface area (Å²) >= 11 is 6.25. The number of rotatable bonds is 7. The van der Waals surface area contributed by atoms with Gasteiger partial charge in [-0.15, -0.1) is 0 Å². The third-order valence-electron chi connectivity index (χ3n) is 4.17. The second-order valence-corrected chi connectivity index (χ2v) is 6.86. The highest BCUT2D eigenvalue weighted by Crippen LogP contribution is 2.38. The van der Waals surface area contributed by atoms with Crippen molar-refractivity contribution in [3.05, 3.63) is 46.5 Å². The fourth-order valence-corrected chi connectivity index (χ4v) is 3.16. The number of nitrogens with one attached hydrogen (secondary N) is 1. The maximum Gasteiger partial charge on any atom is 0.224 e. The first kappa shape index (κ1) is 20.0. The number of hydrogen-bond donors (Lipinski definition) is 1. The number of ketones is 1. The minimum absolute atomic E-state index is 0.0865. The third-order valence-corrected chi connectivity index (χ3v) is 4.45. The van der Waals surface area contributed by atoms with Crippen molar-refractivity contribution >= 4 is 29.0 Å². The zero-order valence-electron chi connectivity index (χ0n) is 15.8. The van der Waals surface area contributed by atoms with E-state index in [2.05, 4.69) is 5.32 Å². The van der Waals surface area contributed by atoms with Crippen molar-refractivity contribution in [2.75, 3.05) is 18.5 Å². The van der Waals surface area contributed by atoms with Crippen LogP contribution in [0.4, 0.5) is 5.69 Å². The van der Waals surface area contributed by atoms with Gasteiger partial charge in [-0.2, -0.15) is 0 Å². The molecule has 7 heteroatoms. The van der Waals surface area contributed by atoms with E-state index in [1.807, 2.05) is 13.0 Å². The van der Waals surface area contributed by atoms with Crippen molar-refractivity contribution in [3.63, 3.8) is 0 Å². The summed E-state index contributed by atoms with van der Waals surface area (Å²) in [5.74, 6) is 1.32. The van der Waals surface area contributed by atoms with E-state index in [1.165, 1.54) is 6.92 Å². The summed E-state index contributed by atoms with van der Waals surface area (Å²) in [6.45, 7) is 4.53. The maximum atomic E-state index is 12.0. The van der Waals surface area contributed by atoms with Crippen LogP contribution in [0.15, 0.2) is 30.3 Å². The Morgan fingerprint density at radius 1 is 1.18 bits per heavy atom. The van der Waals surface area contributed by atoms with Crippen LogP contribution in [-0.4, -0.2) is 24.9 Å². The lowest BCUT2D eigenvalue weighted by Crippen LogP contribution is -2.16. The standard InChI is InChI=1S/C21H22ClNO5/c1-3-4-20(25)23-15-5-6-18(16(11-15)13(2)24)28-12-14-9-17(22)21-19(10-14)26-7-8-27-21/h5-6,9-11H,3-4,7-8,12H2,1-2H3,(H,23,25). The summed E-state index contributed by atoms with van der Waals surface area (Å²) < 4.78 is 16.9. The molecule has 0 radical (unpaired) electrons. The first-order chi connectivity index (χ1) is 13.5. The molecule has 0 saturated carbocycles. The van der Waals surface area contributed by atoms with E-state index in [0.717, 1.165) is 12.0 Å². The van der Waals surface area contributed by atoms with E-state index in [-0.39, 0.29) is 18.3 Å². The minimum atomic E-state index is -0.151. The van der Waals surface area contributed by atoms with Gasteiger partial charge >= 0.3 is 0 Å². The van der Waals surface area contributed by atoms with Crippen molar-refractivity contribution in [3.8, 4) is 17.2 Å². The number of fused-ring (bicyclic) bond motifs is 1. The van der Waals surface area contributed by atoms with E-state index in [0.29, 0.717) is 53.2 Å². The molecule has 1 aliphatic rings. The van der Waals surface area contributed by atoms with Gasteiger partial charge in [0, 0.05) is 12.1 Å². The van der Waals surface area contributed by atoms with Gasteiger partial charge in [0.2, 0.25) is 5.91 Å². The number of carbonyl (C=O) groups excluding carboxylic acids is 2. The van der Waals surface area contributed by atoms with Crippen LogP contribution < -0.4 is 19.5 Å². The normalized spacial score (nSPS) is 12.4. The Labute approximate surface area is 168 Å². The fraction of sp³-hybridized carbons (Fsp3) is 0.333. The lowest BCUT2D eigenvalue weighted by Gasteiger charge is -2.20. The Hall–Kier alpha value is -2.73. The van der Waals surface area contributed by atoms with Crippen LogP contribution in [0.1, 0.15) is 42.6 Å². The van der Waals surface area contributed by atoms with Gasteiger partial charge in [0.25, 0.3) is 0 Å². The van der Waals surface area contributed by atoms with Gasteiger partial charge in [-0.05, 0) is 49.2 Å². The molecule has 1 aliphatic heterocycles. The monoisotopic (exact) mass is 403 g/mol. The molecule has 1 N–H and O–H groups in total. The van der Waals surface area contributed by atoms with Crippen LogP contribution in [0.2, 0.25) is 5.02 Å². The molecular formula is C21H22ClNO5. The molecule has 0 unspecified atom stereocenters. The maximum absolute atomic E-state index is 12.0. The van der Waals surface area contributed by atoms with E-state index < -0.39 is 0 Å². The Bertz CT molecular complexity index is 897. The highest BCUT2D eigenvalue weighted by molar-refractivity contribution is 6.32. The first-order valence-corrected chi connectivity index (χ1v) is 9.51. The van der Waals surface area contributed by atoms with Gasteiger partial charge in [0.05, 0.1) is 10.6 Å². The van der Waals surface area contributed by atoms with Gasteiger partial charge in [0.1, 0.15) is 25.6 Å². The number of anilines is 1. The zero-order valence-corrected chi connectivity index (χ0v) is 16.6. The summed E-state index contributed by atoms with van der Waals surface area (Å²) in [6, 6.07) is 8.58. The SMILES string of the molecule is CCCC(=O)Nc1ccc(OCc2cc(Cl)c3c(c2)OCCO3)c(C(C)=O)c1. The van der Waals surface area contributed by atoms with Crippen LogP contribution in [0, 0.1) is 0 Å². The number of ether oxygens (including phenoxy) is 3. The third kappa shape index (κ3) is 4.75. The molecule has 0 atom stereocenters. The highest BCUT2D eigenvalue weighted by Gasteiger charge is 2.17. The summed E-state index contributed by atoms with van der Waals surface area (Å²) in [5, 5.41) is 3.24. The molecule has 0 bridgehead atoms. The summed E-state index contributed by atoms with van der Waals surface area (Å²) in [4.78, 5) is 23.8. The molecule has 2 aromatic carbocycles. The van der Waals surface area contributed by atoms with Gasteiger partial charge in [0.15, 0.2) is 17.3 Å². The van der Waals surface area contributed by atoms with Crippen LogP contribution >= 0.6 is 11.6 Å². The van der Waals surface area contributed by atoms with Crippen molar-refractivity contribution in [1.82, 2.24) is 0 Å². The minimum Gasteiger partial charge on any atom is -0.488 e. The molecular weight excluding hydrogens is 382 g/mol. The molecule has 6 nitrogen and oxygen atoms in total. The Balaban J connectivity index is 1.76. The van der Waals surface area contributed by atoms with Crippen LogP contribution in [-0.2, 0) is 11.4 Å². The summed E-state index contributed by atoms with van der Waals surface area (Å²) in [6.07, 6.45) is 1.18. The summed E-state index contributed by atoms with van der Waals surface area (Å²) in [5.41, 5.74) is 1.76. The topological polar surface area (TPSA) is 73.9 Å². The molecule has 1 amide bonds. The molecule has 2 aromatic rings. The zero-order chi connectivity index (χ0) is 20.1. The van der Waals surface area contributed by atoms with Crippen molar-refractivity contribution in [2.24, 2.45) is 0 Å². The quantitative estimate of drug-likeness (QED) is 0.682. The van der Waals surface area contributed by atoms with Crippen LogP contribution in [0.5, 0.6) is 17.2 Å². The van der Waals surface area contributed by atoms with Crippen LogP contribution in [0.3, 0.4) is 0 Å². The van der Waals surface area contributed by atoms with E-state index in [4.69, 9.17) is 25.8 Å². The number of carbonyl (C=O) groups is 2. The predicted octanol–water partition coefficient (Wildman–Crippen LogP) is 4.63. The second kappa shape index (κ2) is 8.97. The van der Waals surface area contributed by atoms with Crippen LogP contribution in [0.25, 0.3) is 0 Å². The van der Waals surface area contributed by atoms with Crippen molar-refractivity contribution in [2.45, 2.75) is 33.3 Å². The molecule has 0 fully saturated rings. The molecule has 0 spiro atoms. The molecule has 148 valence electrons. The average molecular weight is 404 g/mol. The smallest absolute Gasteiger partial charge is 0.224 e. The molecule has 28 heavy (non-hydrogen) atoms. The van der Waals surface area contributed by atoms with Crippen molar-refractivity contribution < 1.29 is 23.8 Å². The molecule has 0 aromatic heterocycles. The Morgan fingerprint density at radius 3 is 2.71 bits per heavy atom. The Morgan fingerprint density at radius 2 is 1.96 bits per heavy atom. The Kier molecular flexibility index (Phi) is 6.41. The molecule has 1 heterocycles. The van der Waals surface area contributed by atoms with Gasteiger partial charge in [-0.25, -0.2) is 0 Å². The second-order valence-electron chi connectivity index (χ2n) is 6.46. The van der Waals surface area contributed by atoms with Gasteiger partial charge < -0.3 is 19.5 Å². The number of benzene rings is 2.